The molecule has 10 heteroatoms. The van der Waals surface area contributed by atoms with Crippen molar-refractivity contribution in [3.05, 3.63) is 47.8 Å². The maximum atomic E-state index is 12.5. The van der Waals surface area contributed by atoms with Gasteiger partial charge in [0.05, 0.1) is 6.04 Å². The van der Waals surface area contributed by atoms with E-state index in [2.05, 4.69) is 15.4 Å². The number of hydrogen-bond donors (Lipinski definition) is 3. The van der Waals surface area contributed by atoms with Crippen LogP contribution in [0.15, 0.2) is 52.1 Å². The molecule has 2 aromatic rings. The van der Waals surface area contributed by atoms with Crippen LogP contribution in [0.1, 0.15) is 19.3 Å². The molecule has 160 valence electrons. The van der Waals surface area contributed by atoms with Crippen molar-refractivity contribution in [3.63, 3.8) is 0 Å². The number of thiophene rings is 1. The van der Waals surface area contributed by atoms with Crippen LogP contribution in [-0.4, -0.2) is 56.3 Å². The van der Waals surface area contributed by atoms with E-state index in [1.54, 1.807) is 17.5 Å². The van der Waals surface area contributed by atoms with Gasteiger partial charge in [-0.05, 0) is 36.4 Å². The zero-order chi connectivity index (χ0) is 21.1. The molecule has 2 aliphatic rings. The second-order valence-corrected chi connectivity index (χ2v) is 10.4. The average Bonchev–Trinajstić information content (AvgIpc) is 3.39. The van der Waals surface area contributed by atoms with Crippen molar-refractivity contribution in [3.8, 4) is 0 Å². The van der Waals surface area contributed by atoms with Crippen LogP contribution >= 0.6 is 11.3 Å². The number of anilines is 1. The van der Waals surface area contributed by atoms with Crippen molar-refractivity contribution in [2.24, 2.45) is 0 Å². The molecule has 3 heterocycles. The lowest BCUT2D eigenvalue weighted by Gasteiger charge is -2.37. The number of sulfonamides is 1. The van der Waals surface area contributed by atoms with Gasteiger partial charge < -0.3 is 10.6 Å². The Labute approximate surface area is 179 Å². The van der Waals surface area contributed by atoms with Gasteiger partial charge in [-0.25, -0.2) is 13.1 Å². The van der Waals surface area contributed by atoms with Crippen LogP contribution in [0.2, 0.25) is 0 Å². The molecule has 0 unspecified atom stereocenters. The van der Waals surface area contributed by atoms with E-state index in [9.17, 15) is 18.0 Å². The molecule has 0 radical (unpaired) electrons. The maximum absolute atomic E-state index is 12.5. The lowest BCUT2D eigenvalue weighted by atomic mass is 10.0. The average molecular weight is 449 g/mol. The largest absolute Gasteiger partial charge is 0.353 e. The molecule has 4 rings (SSSR count). The van der Waals surface area contributed by atoms with Crippen LogP contribution in [0.4, 0.5) is 5.69 Å². The highest BCUT2D eigenvalue weighted by molar-refractivity contribution is 7.91. The van der Waals surface area contributed by atoms with Crippen molar-refractivity contribution in [1.82, 2.24) is 14.9 Å². The Morgan fingerprint density at radius 2 is 2.00 bits per heavy atom. The summed E-state index contributed by atoms with van der Waals surface area (Å²) in [5, 5.41) is 7.49. The van der Waals surface area contributed by atoms with Gasteiger partial charge in [0.2, 0.25) is 21.8 Å². The summed E-state index contributed by atoms with van der Waals surface area (Å²) in [6.07, 6.45) is 1.33. The Balaban J connectivity index is 1.36. The molecule has 0 bridgehead atoms. The summed E-state index contributed by atoms with van der Waals surface area (Å²) >= 11 is 1.16. The van der Waals surface area contributed by atoms with Crippen molar-refractivity contribution in [2.75, 3.05) is 18.4 Å². The number of carbonyl (C=O) groups is 2. The lowest BCUT2D eigenvalue weighted by molar-refractivity contribution is -0.129. The molecule has 1 aromatic heterocycles. The third-order valence-electron chi connectivity index (χ3n) is 5.47. The first kappa shape index (κ1) is 21.0. The lowest BCUT2D eigenvalue weighted by Crippen LogP contribution is -2.57. The van der Waals surface area contributed by atoms with E-state index in [4.69, 9.17) is 0 Å². The number of benzene rings is 1. The van der Waals surface area contributed by atoms with Crippen molar-refractivity contribution >= 4 is 38.9 Å². The number of amides is 2. The van der Waals surface area contributed by atoms with Crippen LogP contribution in [0, 0.1) is 0 Å². The molecule has 30 heavy (non-hydrogen) atoms. The van der Waals surface area contributed by atoms with Crippen LogP contribution in [0.25, 0.3) is 0 Å². The number of para-hydroxylation sites is 1. The van der Waals surface area contributed by atoms with E-state index < -0.39 is 10.0 Å². The predicted molar refractivity (Wildman–Crippen MR) is 115 cm³/mol. The molecule has 0 aliphatic carbocycles. The highest BCUT2D eigenvalue weighted by atomic mass is 32.2. The van der Waals surface area contributed by atoms with E-state index in [0.29, 0.717) is 32.4 Å². The fourth-order valence-electron chi connectivity index (χ4n) is 4.07. The molecule has 8 nitrogen and oxygen atoms in total. The molecule has 1 aromatic carbocycles. The minimum Gasteiger partial charge on any atom is -0.353 e. The van der Waals surface area contributed by atoms with Gasteiger partial charge in [-0.2, -0.15) is 0 Å². The fourth-order valence-corrected chi connectivity index (χ4v) is 6.32. The van der Waals surface area contributed by atoms with Gasteiger partial charge in [0.25, 0.3) is 0 Å². The summed E-state index contributed by atoms with van der Waals surface area (Å²) in [4.78, 5) is 26.7. The smallest absolute Gasteiger partial charge is 0.250 e. The van der Waals surface area contributed by atoms with Crippen LogP contribution in [-0.2, 0) is 19.6 Å². The highest BCUT2D eigenvalue weighted by Gasteiger charge is 2.44. The van der Waals surface area contributed by atoms with Gasteiger partial charge in [-0.15, -0.1) is 11.3 Å². The number of carbonyl (C=O) groups excluding carboxylic acids is 2. The number of nitrogens with one attached hydrogen (secondary N) is 3. The van der Waals surface area contributed by atoms with Gasteiger partial charge in [0, 0.05) is 37.3 Å². The molecular weight excluding hydrogens is 424 g/mol. The molecule has 2 amide bonds. The minimum absolute atomic E-state index is 0.00883. The summed E-state index contributed by atoms with van der Waals surface area (Å²) in [6, 6.07) is 11.8. The topological polar surface area (TPSA) is 108 Å². The van der Waals surface area contributed by atoms with Gasteiger partial charge >= 0.3 is 0 Å². The van der Waals surface area contributed by atoms with Crippen molar-refractivity contribution < 1.29 is 18.0 Å². The third-order valence-corrected chi connectivity index (χ3v) is 8.38. The van der Waals surface area contributed by atoms with E-state index >= 15 is 0 Å². The molecule has 2 fully saturated rings. The third kappa shape index (κ3) is 4.72. The molecule has 3 N–H and O–H groups in total. The molecule has 0 spiro atoms. The molecular formula is C20H24N4O4S2. The summed E-state index contributed by atoms with van der Waals surface area (Å²) in [7, 11) is -3.59. The number of nitrogens with zero attached hydrogens (tertiary/aromatic N) is 1. The summed E-state index contributed by atoms with van der Waals surface area (Å²) < 4.78 is 28.1. The Kier molecular flexibility index (Phi) is 6.19. The highest BCUT2D eigenvalue weighted by Crippen LogP contribution is 2.27. The Hall–Kier alpha value is -2.27. The van der Waals surface area contributed by atoms with Crippen LogP contribution in [0.5, 0.6) is 0 Å². The molecule has 2 aliphatic heterocycles. The molecule has 2 saturated heterocycles. The second-order valence-electron chi connectivity index (χ2n) is 7.55. The zero-order valence-electron chi connectivity index (χ0n) is 16.3. The Morgan fingerprint density at radius 3 is 2.73 bits per heavy atom. The number of rotatable bonds is 7. The monoisotopic (exact) mass is 448 g/mol. The zero-order valence-corrected chi connectivity index (χ0v) is 17.9. The van der Waals surface area contributed by atoms with E-state index in [-0.39, 0.29) is 34.1 Å². The fraction of sp³-hybridized carbons (Fsp3) is 0.400. The standard InChI is InChI=1S/C20H24N4O4S2/c25-18(22-14-5-2-1-3-6-14)9-8-16-12-21-20(26)17-11-15(13-24(16)17)23-30(27,28)19-7-4-10-29-19/h1-7,10,15-17,23H,8-9,11-13H2,(H,21,26)(H,22,25)/t15-,16+,17-/m0/s1. The molecule has 3 atom stereocenters. The Morgan fingerprint density at radius 1 is 1.20 bits per heavy atom. The first-order valence-corrected chi connectivity index (χ1v) is 12.2. The molecule has 0 saturated carbocycles. The van der Waals surface area contributed by atoms with Gasteiger partial charge in [-0.3, -0.25) is 14.5 Å². The number of fused-ring (bicyclic) bond motifs is 1. The van der Waals surface area contributed by atoms with E-state index in [0.717, 1.165) is 17.0 Å². The van der Waals surface area contributed by atoms with Crippen LogP contribution in [0.3, 0.4) is 0 Å². The maximum Gasteiger partial charge on any atom is 0.250 e. The minimum atomic E-state index is -3.59. The SMILES string of the molecule is O=C(CC[C@@H]1CNC(=O)[C@@H]2C[C@H](NS(=O)(=O)c3cccs3)CN12)Nc1ccccc1. The first-order chi connectivity index (χ1) is 14.4. The second kappa shape index (κ2) is 8.84. The van der Waals surface area contributed by atoms with Gasteiger partial charge in [0.1, 0.15) is 4.21 Å². The van der Waals surface area contributed by atoms with Crippen molar-refractivity contribution in [1.29, 1.82) is 0 Å². The number of hydrogen-bond acceptors (Lipinski definition) is 6. The Bertz CT molecular complexity index is 995. The van der Waals surface area contributed by atoms with E-state index in [1.807, 2.05) is 35.2 Å². The predicted octanol–water partition coefficient (Wildman–Crippen LogP) is 1.39. The van der Waals surface area contributed by atoms with Crippen molar-refractivity contribution in [2.45, 2.75) is 41.6 Å². The summed E-state index contributed by atoms with van der Waals surface area (Å²) in [5.74, 6) is -0.165. The number of piperazine rings is 1. The van der Waals surface area contributed by atoms with Gasteiger partial charge in [0.15, 0.2) is 0 Å². The van der Waals surface area contributed by atoms with Crippen LogP contribution < -0.4 is 15.4 Å². The van der Waals surface area contributed by atoms with E-state index in [1.165, 1.54) is 0 Å². The quantitative estimate of drug-likeness (QED) is 0.593. The normalized spacial score (nSPS) is 24.3. The summed E-state index contributed by atoms with van der Waals surface area (Å²) in [6.45, 7) is 0.909. The first-order valence-electron chi connectivity index (χ1n) is 9.86. The summed E-state index contributed by atoms with van der Waals surface area (Å²) in [5.41, 5.74) is 0.751. The van der Waals surface area contributed by atoms with Gasteiger partial charge in [-0.1, -0.05) is 24.3 Å².